The monoisotopic (exact) mass is 297 g/mol. The number of rotatable bonds is 4. The van der Waals surface area contributed by atoms with Crippen LogP contribution in [0.1, 0.15) is 29.4 Å². The molecule has 1 aliphatic rings. The number of anilines is 2. The van der Waals surface area contributed by atoms with Crippen LogP contribution in [0.3, 0.4) is 0 Å². The Morgan fingerprint density at radius 1 is 1.50 bits per heavy atom. The summed E-state index contributed by atoms with van der Waals surface area (Å²) in [5, 5.41) is 4.11. The van der Waals surface area contributed by atoms with E-state index in [1.54, 1.807) is 0 Å². The fourth-order valence-corrected chi connectivity index (χ4v) is 3.20. The largest absolute Gasteiger partial charge is 0.382 e. The highest BCUT2D eigenvalue weighted by atomic mass is 32.1. The van der Waals surface area contributed by atoms with Gasteiger partial charge < -0.3 is 20.9 Å². The molecule has 0 saturated carbocycles. The predicted octanol–water partition coefficient (Wildman–Crippen LogP) is 1.01. The Kier molecular flexibility index (Phi) is 5.19. The van der Waals surface area contributed by atoms with Crippen LogP contribution in [0.4, 0.5) is 10.9 Å². The molecule has 0 bridgehead atoms. The first-order valence-electron chi connectivity index (χ1n) is 7.11. The quantitative estimate of drug-likeness (QED) is 0.867. The molecule has 2 heterocycles. The van der Waals surface area contributed by atoms with Crippen LogP contribution < -0.4 is 16.0 Å². The average molecular weight is 297 g/mol. The number of nitrogen functional groups attached to an aromatic ring is 1. The lowest BCUT2D eigenvalue weighted by molar-refractivity contribution is 0.0772. The van der Waals surface area contributed by atoms with E-state index in [0.717, 1.165) is 50.7 Å². The van der Waals surface area contributed by atoms with E-state index in [0.29, 0.717) is 10.7 Å². The van der Waals surface area contributed by atoms with Crippen LogP contribution in [0.5, 0.6) is 0 Å². The summed E-state index contributed by atoms with van der Waals surface area (Å²) in [6.45, 7) is 6.34. The van der Waals surface area contributed by atoms with Crippen molar-refractivity contribution in [3.63, 3.8) is 0 Å². The Morgan fingerprint density at radius 3 is 3.05 bits per heavy atom. The van der Waals surface area contributed by atoms with Crippen molar-refractivity contribution in [2.45, 2.75) is 19.8 Å². The van der Waals surface area contributed by atoms with E-state index < -0.39 is 0 Å². The van der Waals surface area contributed by atoms with Crippen molar-refractivity contribution in [1.29, 1.82) is 0 Å². The number of hydrogen-bond donors (Lipinski definition) is 2. The Hall–Kier alpha value is -1.34. The van der Waals surface area contributed by atoms with Crippen molar-refractivity contribution < 1.29 is 4.79 Å². The molecule has 0 spiro atoms. The van der Waals surface area contributed by atoms with Gasteiger partial charge in [-0.3, -0.25) is 4.79 Å². The number of carbonyl (C=O) groups is 1. The molecule has 7 heteroatoms. The smallest absolute Gasteiger partial charge is 0.267 e. The van der Waals surface area contributed by atoms with Gasteiger partial charge in [-0.2, -0.15) is 0 Å². The van der Waals surface area contributed by atoms with Gasteiger partial charge in [0, 0.05) is 33.2 Å². The second kappa shape index (κ2) is 6.90. The number of thiazole rings is 1. The van der Waals surface area contributed by atoms with Crippen molar-refractivity contribution in [2.24, 2.45) is 0 Å². The molecule has 0 aliphatic carbocycles. The fraction of sp³-hybridized carbons (Fsp3) is 0.692. The first-order chi connectivity index (χ1) is 9.63. The van der Waals surface area contributed by atoms with Gasteiger partial charge in [-0.05, 0) is 19.4 Å². The molecule has 1 aromatic rings. The highest BCUT2D eigenvalue weighted by molar-refractivity contribution is 7.18. The minimum atomic E-state index is 0.0137. The van der Waals surface area contributed by atoms with Gasteiger partial charge >= 0.3 is 0 Å². The molecule has 0 radical (unpaired) electrons. The number of carbonyl (C=O) groups excluding carboxylic acids is 1. The van der Waals surface area contributed by atoms with Crippen LogP contribution in [0, 0.1) is 0 Å². The van der Waals surface area contributed by atoms with Gasteiger partial charge in [0.05, 0.1) is 0 Å². The minimum absolute atomic E-state index is 0.0137. The van der Waals surface area contributed by atoms with Gasteiger partial charge in [0.25, 0.3) is 5.91 Å². The lowest BCUT2D eigenvalue weighted by Gasteiger charge is -2.19. The second-order valence-electron chi connectivity index (χ2n) is 5.03. The zero-order valence-corrected chi connectivity index (χ0v) is 13.0. The highest BCUT2D eigenvalue weighted by Gasteiger charge is 2.23. The van der Waals surface area contributed by atoms with E-state index in [-0.39, 0.29) is 5.91 Å². The van der Waals surface area contributed by atoms with Gasteiger partial charge in [0.15, 0.2) is 5.13 Å². The van der Waals surface area contributed by atoms with E-state index in [9.17, 15) is 4.79 Å². The molecule has 1 fully saturated rings. The number of amides is 1. The Morgan fingerprint density at radius 2 is 2.30 bits per heavy atom. The normalized spacial score (nSPS) is 16.0. The van der Waals surface area contributed by atoms with Crippen LogP contribution in [0.25, 0.3) is 0 Å². The molecule has 3 N–H and O–H groups in total. The third-order valence-corrected chi connectivity index (χ3v) is 4.52. The first-order valence-corrected chi connectivity index (χ1v) is 7.92. The number of aromatic nitrogens is 1. The number of hydrogen-bond acceptors (Lipinski definition) is 6. The molecule has 1 aliphatic heterocycles. The molecular weight excluding hydrogens is 274 g/mol. The maximum Gasteiger partial charge on any atom is 0.267 e. The molecule has 1 aromatic heterocycles. The van der Waals surface area contributed by atoms with Crippen LogP contribution in [-0.4, -0.2) is 55.6 Å². The second-order valence-corrected chi connectivity index (χ2v) is 6.01. The van der Waals surface area contributed by atoms with E-state index in [1.165, 1.54) is 11.3 Å². The molecule has 0 atom stereocenters. The summed E-state index contributed by atoms with van der Waals surface area (Å²) in [5.41, 5.74) is 5.93. The molecule has 0 unspecified atom stereocenters. The summed E-state index contributed by atoms with van der Waals surface area (Å²) in [5.74, 6) is 0.370. The molecule has 112 valence electrons. The Bertz CT molecular complexity index is 454. The van der Waals surface area contributed by atoms with Crippen molar-refractivity contribution >= 4 is 28.2 Å². The highest BCUT2D eigenvalue weighted by Crippen LogP contribution is 2.28. The van der Waals surface area contributed by atoms with E-state index >= 15 is 0 Å². The average Bonchev–Trinajstić information content (AvgIpc) is 2.65. The SMILES string of the molecule is CCCN(C)c1nc(N)c(C(=O)N2CCCNCC2)s1. The third kappa shape index (κ3) is 3.40. The summed E-state index contributed by atoms with van der Waals surface area (Å²) in [4.78, 5) is 21.4. The van der Waals surface area contributed by atoms with Crippen molar-refractivity contribution in [3.8, 4) is 0 Å². The summed E-state index contributed by atoms with van der Waals surface area (Å²) in [7, 11) is 1.98. The zero-order chi connectivity index (χ0) is 14.5. The molecule has 1 amide bonds. The van der Waals surface area contributed by atoms with Crippen LogP contribution in [0.15, 0.2) is 0 Å². The van der Waals surface area contributed by atoms with Gasteiger partial charge in [-0.25, -0.2) is 4.98 Å². The van der Waals surface area contributed by atoms with Crippen molar-refractivity contribution in [3.05, 3.63) is 4.88 Å². The Balaban J connectivity index is 2.12. The number of nitrogens with zero attached hydrogens (tertiary/aromatic N) is 3. The molecule has 1 saturated heterocycles. The number of nitrogens with one attached hydrogen (secondary N) is 1. The van der Waals surface area contributed by atoms with Gasteiger partial charge in [0.1, 0.15) is 10.7 Å². The fourth-order valence-electron chi connectivity index (χ4n) is 2.26. The standard InChI is InChI=1S/C13H23N5OS/c1-3-7-17(2)13-16-11(14)10(20-13)12(19)18-8-4-5-15-6-9-18/h15H,3-9,14H2,1-2H3. The minimum Gasteiger partial charge on any atom is -0.382 e. The summed E-state index contributed by atoms with van der Waals surface area (Å²) in [6, 6.07) is 0. The van der Waals surface area contributed by atoms with E-state index in [2.05, 4.69) is 17.2 Å². The van der Waals surface area contributed by atoms with E-state index in [1.807, 2.05) is 16.8 Å². The van der Waals surface area contributed by atoms with Crippen LogP contribution in [0.2, 0.25) is 0 Å². The molecule has 0 aromatic carbocycles. The lowest BCUT2D eigenvalue weighted by atomic mass is 10.3. The maximum atomic E-state index is 12.5. The lowest BCUT2D eigenvalue weighted by Crippen LogP contribution is -2.34. The summed E-state index contributed by atoms with van der Waals surface area (Å²) in [6.07, 6.45) is 2.02. The van der Waals surface area contributed by atoms with Crippen LogP contribution in [-0.2, 0) is 0 Å². The predicted molar refractivity (Wildman–Crippen MR) is 83.5 cm³/mol. The van der Waals surface area contributed by atoms with Crippen molar-refractivity contribution in [1.82, 2.24) is 15.2 Å². The van der Waals surface area contributed by atoms with E-state index in [4.69, 9.17) is 5.73 Å². The molecule has 6 nitrogen and oxygen atoms in total. The summed E-state index contributed by atoms with van der Waals surface area (Å²) < 4.78 is 0. The molecule has 2 rings (SSSR count). The molecular formula is C13H23N5OS. The van der Waals surface area contributed by atoms with Gasteiger partial charge in [-0.1, -0.05) is 18.3 Å². The van der Waals surface area contributed by atoms with Gasteiger partial charge in [-0.15, -0.1) is 0 Å². The van der Waals surface area contributed by atoms with Crippen LogP contribution >= 0.6 is 11.3 Å². The third-order valence-electron chi connectivity index (χ3n) is 3.35. The first kappa shape index (κ1) is 15.1. The maximum absolute atomic E-state index is 12.5. The van der Waals surface area contributed by atoms with Crippen molar-refractivity contribution in [2.75, 3.05) is 50.4 Å². The molecule has 20 heavy (non-hydrogen) atoms. The zero-order valence-electron chi connectivity index (χ0n) is 12.2. The van der Waals surface area contributed by atoms with Gasteiger partial charge in [0.2, 0.25) is 0 Å². The number of nitrogens with two attached hydrogens (primary N) is 1. The topological polar surface area (TPSA) is 74.5 Å². The Labute approximate surface area is 124 Å². The summed E-state index contributed by atoms with van der Waals surface area (Å²) >= 11 is 1.39.